The number of hydrogen-bond acceptors (Lipinski definition) is 4. The lowest BCUT2D eigenvalue weighted by molar-refractivity contribution is 0.617. The molecule has 0 fully saturated rings. The molecule has 0 saturated carbocycles. The molecule has 160 valence electrons. The summed E-state index contributed by atoms with van der Waals surface area (Å²) in [4.78, 5) is 4.21. The lowest BCUT2D eigenvalue weighted by atomic mass is 10.1. The molecule has 0 atom stereocenters. The van der Waals surface area contributed by atoms with Gasteiger partial charge in [-0.3, -0.25) is 4.99 Å². The number of nitrogens with one attached hydrogen (secondary N) is 2. The molecule has 3 aromatic rings. The van der Waals surface area contributed by atoms with Gasteiger partial charge in [-0.15, -0.1) is 0 Å². The standard InChI is InChI=1S/C23H26FN7/c1-16-13-17(10-11-20(16)24)15-29-23(27-2)28-12-6-9-21-19(14-25)22(26)31(30-21)18-7-4-3-5-8-18/h3-5,7-8,10-11,13H,6,9,12,15,26H2,1-2H3,(H2,27,28,29). The Labute approximate surface area is 181 Å². The Kier molecular flexibility index (Phi) is 7.22. The fraction of sp³-hybridized carbons (Fsp3) is 0.261. The van der Waals surface area contributed by atoms with Crippen LogP contribution in [-0.4, -0.2) is 29.3 Å². The van der Waals surface area contributed by atoms with Crippen molar-refractivity contribution in [1.29, 1.82) is 5.26 Å². The normalized spacial score (nSPS) is 11.2. The van der Waals surface area contributed by atoms with Crippen LogP contribution in [0.5, 0.6) is 0 Å². The van der Waals surface area contributed by atoms with Crippen molar-refractivity contribution in [3.8, 4) is 11.8 Å². The van der Waals surface area contributed by atoms with Crippen LogP contribution in [0.15, 0.2) is 53.5 Å². The first-order chi connectivity index (χ1) is 15.0. The number of nitrogens with zero attached hydrogens (tertiary/aromatic N) is 4. The second-order valence-electron chi connectivity index (χ2n) is 7.11. The average Bonchev–Trinajstić information content (AvgIpc) is 3.11. The summed E-state index contributed by atoms with van der Waals surface area (Å²) in [5.74, 6) is 0.791. The molecule has 31 heavy (non-hydrogen) atoms. The van der Waals surface area contributed by atoms with Crippen molar-refractivity contribution in [3.05, 3.63) is 76.7 Å². The number of guanidine groups is 1. The van der Waals surface area contributed by atoms with Crippen LogP contribution in [0, 0.1) is 24.1 Å². The van der Waals surface area contributed by atoms with Crippen LogP contribution in [0.25, 0.3) is 5.69 Å². The molecule has 0 amide bonds. The zero-order valence-electron chi connectivity index (χ0n) is 17.7. The summed E-state index contributed by atoms with van der Waals surface area (Å²) in [6.07, 6.45) is 1.35. The SMILES string of the molecule is CN=C(NCCCc1nn(-c2ccccc2)c(N)c1C#N)NCc1ccc(F)c(C)c1. The van der Waals surface area contributed by atoms with Crippen molar-refractivity contribution in [2.75, 3.05) is 19.3 Å². The number of anilines is 1. The minimum absolute atomic E-state index is 0.210. The fourth-order valence-electron chi connectivity index (χ4n) is 3.23. The first-order valence-electron chi connectivity index (χ1n) is 10.1. The molecule has 0 aliphatic carbocycles. The van der Waals surface area contributed by atoms with E-state index in [4.69, 9.17) is 5.73 Å². The van der Waals surface area contributed by atoms with Crippen LogP contribution in [0.3, 0.4) is 0 Å². The van der Waals surface area contributed by atoms with E-state index in [1.807, 2.05) is 36.4 Å². The molecule has 8 heteroatoms. The Balaban J connectivity index is 1.54. The van der Waals surface area contributed by atoms with Crippen molar-refractivity contribution in [2.45, 2.75) is 26.3 Å². The van der Waals surface area contributed by atoms with Gasteiger partial charge in [-0.25, -0.2) is 9.07 Å². The molecule has 2 aromatic carbocycles. The maximum absolute atomic E-state index is 13.4. The zero-order valence-corrected chi connectivity index (χ0v) is 17.7. The van der Waals surface area contributed by atoms with Crippen molar-refractivity contribution < 1.29 is 4.39 Å². The Morgan fingerprint density at radius 2 is 2.00 bits per heavy atom. The van der Waals surface area contributed by atoms with Gasteiger partial charge in [-0.2, -0.15) is 10.4 Å². The van der Waals surface area contributed by atoms with E-state index in [-0.39, 0.29) is 5.82 Å². The van der Waals surface area contributed by atoms with E-state index in [0.29, 0.717) is 48.1 Å². The monoisotopic (exact) mass is 419 g/mol. The molecule has 7 nitrogen and oxygen atoms in total. The van der Waals surface area contributed by atoms with Crippen LogP contribution < -0.4 is 16.4 Å². The number of nitriles is 1. The summed E-state index contributed by atoms with van der Waals surface area (Å²) in [6.45, 7) is 2.93. The van der Waals surface area contributed by atoms with E-state index in [9.17, 15) is 9.65 Å². The van der Waals surface area contributed by atoms with Gasteiger partial charge < -0.3 is 16.4 Å². The molecule has 1 heterocycles. The Morgan fingerprint density at radius 3 is 2.68 bits per heavy atom. The topological polar surface area (TPSA) is 104 Å². The lowest BCUT2D eigenvalue weighted by Crippen LogP contribution is -2.37. The van der Waals surface area contributed by atoms with E-state index in [1.54, 1.807) is 24.7 Å². The number of halogens is 1. The van der Waals surface area contributed by atoms with Crippen LogP contribution >= 0.6 is 0 Å². The van der Waals surface area contributed by atoms with Crippen molar-refractivity contribution in [3.63, 3.8) is 0 Å². The maximum atomic E-state index is 13.4. The second kappa shape index (κ2) is 10.3. The van der Waals surface area contributed by atoms with Gasteiger partial charge in [0.25, 0.3) is 0 Å². The van der Waals surface area contributed by atoms with Crippen LogP contribution in [0.4, 0.5) is 10.2 Å². The first kappa shape index (κ1) is 21.8. The summed E-state index contributed by atoms with van der Waals surface area (Å²) in [6, 6.07) is 16.7. The highest BCUT2D eigenvalue weighted by Gasteiger charge is 2.16. The van der Waals surface area contributed by atoms with E-state index in [2.05, 4.69) is 26.8 Å². The van der Waals surface area contributed by atoms with Gasteiger partial charge in [0.2, 0.25) is 0 Å². The predicted molar refractivity (Wildman–Crippen MR) is 120 cm³/mol. The van der Waals surface area contributed by atoms with Crippen molar-refractivity contribution in [1.82, 2.24) is 20.4 Å². The lowest BCUT2D eigenvalue weighted by Gasteiger charge is -2.12. The van der Waals surface area contributed by atoms with E-state index >= 15 is 0 Å². The van der Waals surface area contributed by atoms with Gasteiger partial charge in [-0.05, 0) is 49.1 Å². The molecule has 0 radical (unpaired) electrons. The number of aliphatic imine (C=N–C) groups is 1. The molecular weight excluding hydrogens is 393 g/mol. The van der Waals surface area contributed by atoms with Crippen molar-refractivity contribution >= 4 is 11.8 Å². The van der Waals surface area contributed by atoms with E-state index < -0.39 is 0 Å². The molecule has 4 N–H and O–H groups in total. The first-order valence-corrected chi connectivity index (χ1v) is 10.1. The molecule has 3 rings (SSSR count). The number of aromatic nitrogens is 2. The molecular formula is C23H26FN7. The summed E-state index contributed by atoms with van der Waals surface area (Å²) >= 11 is 0. The van der Waals surface area contributed by atoms with Crippen molar-refractivity contribution in [2.24, 2.45) is 4.99 Å². The minimum Gasteiger partial charge on any atom is -0.382 e. The van der Waals surface area contributed by atoms with Crippen LogP contribution in [-0.2, 0) is 13.0 Å². The molecule has 0 bridgehead atoms. The van der Waals surface area contributed by atoms with Gasteiger partial charge in [0.1, 0.15) is 23.3 Å². The quantitative estimate of drug-likeness (QED) is 0.310. The summed E-state index contributed by atoms with van der Waals surface area (Å²) in [5, 5.41) is 20.5. The number of nitrogens with two attached hydrogens (primary N) is 1. The van der Waals surface area contributed by atoms with Gasteiger partial charge in [-0.1, -0.05) is 30.3 Å². The van der Waals surface area contributed by atoms with Gasteiger partial charge in [0.05, 0.1) is 11.4 Å². The summed E-state index contributed by atoms with van der Waals surface area (Å²) in [7, 11) is 1.70. The Hall–Kier alpha value is -3.86. The fourth-order valence-corrected chi connectivity index (χ4v) is 3.23. The summed E-state index contributed by atoms with van der Waals surface area (Å²) < 4.78 is 15.0. The molecule has 0 unspecified atom stereocenters. The predicted octanol–water partition coefficient (Wildman–Crippen LogP) is 3.07. The third-order valence-corrected chi connectivity index (χ3v) is 4.89. The summed E-state index contributed by atoms with van der Waals surface area (Å²) in [5.41, 5.74) is 9.65. The zero-order chi connectivity index (χ0) is 22.2. The number of aryl methyl sites for hydroxylation is 2. The Bertz CT molecular complexity index is 1100. The highest BCUT2D eigenvalue weighted by Crippen LogP contribution is 2.21. The third-order valence-electron chi connectivity index (χ3n) is 4.89. The maximum Gasteiger partial charge on any atom is 0.191 e. The number of hydrogen-bond donors (Lipinski definition) is 3. The molecule has 0 saturated heterocycles. The third kappa shape index (κ3) is 5.39. The number of para-hydroxylation sites is 1. The average molecular weight is 420 g/mol. The van der Waals surface area contributed by atoms with E-state index in [0.717, 1.165) is 17.7 Å². The molecule has 1 aromatic heterocycles. The second-order valence-corrected chi connectivity index (χ2v) is 7.11. The largest absolute Gasteiger partial charge is 0.382 e. The van der Waals surface area contributed by atoms with Crippen LogP contribution in [0.2, 0.25) is 0 Å². The van der Waals surface area contributed by atoms with Gasteiger partial charge in [0.15, 0.2) is 5.96 Å². The highest BCUT2D eigenvalue weighted by molar-refractivity contribution is 5.79. The molecule has 0 spiro atoms. The van der Waals surface area contributed by atoms with E-state index in [1.165, 1.54) is 6.07 Å². The van der Waals surface area contributed by atoms with Gasteiger partial charge >= 0.3 is 0 Å². The number of rotatable bonds is 7. The molecule has 0 aliphatic heterocycles. The molecule has 0 aliphatic rings. The van der Waals surface area contributed by atoms with Gasteiger partial charge in [0, 0.05) is 20.1 Å². The minimum atomic E-state index is -0.210. The number of benzene rings is 2. The smallest absolute Gasteiger partial charge is 0.191 e. The Morgan fingerprint density at radius 1 is 1.23 bits per heavy atom. The highest BCUT2D eigenvalue weighted by atomic mass is 19.1. The number of nitrogen functional groups attached to an aromatic ring is 1. The van der Waals surface area contributed by atoms with Crippen LogP contribution in [0.1, 0.15) is 28.8 Å².